The molecule has 2 amide bonds. The minimum atomic E-state index is -3.58. The molecule has 198 valence electrons. The first-order valence-corrected chi connectivity index (χ1v) is 14.3. The molecule has 0 saturated heterocycles. The SMILES string of the molecule is CCNC(=O)C(C)N(Cc1ccc(Cl)c(Cl)c1)C(=O)CCCN(c1ccc(OCC)cc1)S(C)(=O)=O. The van der Waals surface area contributed by atoms with Gasteiger partial charge in [0.25, 0.3) is 0 Å². The van der Waals surface area contributed by atoms with Crippen LogP contribution in [0.15, 0.2) is 42.5 Å². The Morgan fingerprint density at radius 3 is 2.28 bits per heavy atom. The predicted molar refractivity (Wildman–Crippen MR) is 144 cm³/mol. The molecule has 11 heteroatoms. The molecule has 36 heavy (non-hydrogen) atoms. The number of carbonyl (C=O) groups excluding carboxylic acids is 2. The van der Waals surface area contributed by atoms with Crippen LogP contribution >= 0.6 is 23.2 Å². The number of likely N-dealkylation sites (N-methyl/N-ethyl adjacent to an activating group) is 1. The number of sulfonamides is 1. The molecule has 1 atom stereocenters. The highest BCUT2D eigenvalue weighted by Crippen LogP contribution is 2.25. The smallest absolute Gasteiger partial charge is 0.242 e. The number of carbonyl (C=O) groups is 2. The maximum absolute atomic E-state index is 13.2. The topological polar surface area (TPSA) is 96.0 Å². The summed E-state index contributed by atoms with van der Waals surface area (Å²) in [6, 6.07) is 11.1. The van der Waals surface area contributed by atoms with E-state index in [-0.39, 0.29) is 37.7 Å². The summed E-state index contributed by atoms with van der Waals surface area (Å²) in [5.41, 5.74) is 1.21. The van der Waals surface area contributed by atoms with Crippen molar-refractivity contribution in [1.29, 1.82) is 0 Å². The predicted octanol–water partition coefficient (Wildman–Crippen LogP) is 4.49. The van der Waals surface area contributed by atoms with E-state index in [0.29, 0.717) is 34.6 Å². The molecule has 0 aliphatic rings. The zero-order valence-corrected chi connectivity index (χ0v) is 23.3. The van der Waals surface area contributed by atoms with Gasteiger partial charge in [-0.05, 0) is 69.2 Å². The summed E-state index contributed by atoms with van der Waals surface area (Å²) in [5, 5.41) is 3.49. The van der Waals surface area contributed by atoms with Crippen LogP contribution in [0.4, 0.5) is 5.69 Å². The van der Waals surface area contributed by atoms with Crippen molar-refractivity contribution in [3.63, 3.8) is 0 Å². The molecule has 0 saturated carbocycles. The maximum atomic E-state index is 13.2. The fraction of sp³-hybridized carbons (Fsp3) is 0.440. The van der Waals surface area contributed by atoms with Gasteiger partial charge in [0, 0.05) is 26.1 Å². The van der Waals surface area contributed by atoms with Crippen molar-refractivity contribution >= 4 is 50.7 Å². The molecule has 2 aromatic rings. The quantitative estimate of drug-likeness (QED) is 0.391. The minimum absolute atomic E-state index is 0.0497. The number of benzene rings is 2. The summed E-state index contributed by atoms with van der Waals surface area (Å²) in [6.07, 6.45) is 1.44. The molecule has 1 N–H and O–H groups in total. The third-order valence-electron chi connectivity index (χ3n) is 5.44. The highest BCUT2D eigenvalue weighted by molar-refractivity contribution is 7.92. The fourth-order valence-corrected chi connectivity index (χ4v) is 4.90. The van der Waals surface area contributed by atoms with Gasteiger partial charge in [-0.15, -0.1) is 0 Å². The van der Waals surface area contributed by atoms with Crippen molar-refractivity contribution in [2.45, 2.75) is 46.2 Å². The summed E-state index contributed by atoms with van der Waals surface area (Å²) in [4.78, 5) is 27.2. The van der Waals surface area contributed by atoms with E-state index in [4.69, 9.17) is 27.9 Å². The van der Waals surface area contributed by atoms with Crippen LogP contribution in [0.1, 0.15) is 39.2 Å². The molecule has 8 nitrogen and oxygen atoms in total. The third kappa shape index (κ3) is 8.57. The second-order valence-corrected chi connectivity index (χ2v) is 10.9. The highest BCUT2D eigenvalue weighted by atomic mass is 35.5. The number of halogens is 2. The number of ether oxygens (including phenoxy) is 1. The van der Waals surface area contributed by atoms with Gasteiger partial charge in [-0.25, -0.2) is 8.42 Å². The van der Waals surface area contributed by atoms with Crippen LogP contribution in [-0.2, 0) is 26.2 Å². The Kier molecular flexibility index (Phi) is 11.3. The van der Waals surface area contributed by atoms with Gasteiger partial charge in [0.1, 0.15) is 11.8 Å². The van der Waals surface area contributed by atoms with Gasteiger partial charge < -0.3 is 15.0 Å². The van der Waals surface area contributed by atoms with E-state index < -0.39 is 16.1 Å². The van der Waals surface area contributed by atoms with Crippen molar-refractivity contribution in [3.8, 4) is 5.75 Å². The van der Waals surface area contributed by atoms with E-state index in [1.54, 1.807) is 56.3 Å². The second-order valence-electron chi connectivity index (χ2n) is 8.21. The number of nitrogens with zero attached hydrogens (tertiary/aromatic N) is 2. The highest BCUT2D eigenvalue weighted by Gasteiger charge is 2.26. The molecule has 0 aromatic heterocycles. The maximum Gasteiger partial charge on any atom is 0.242 e. The Balaban J connectivity index is 2.16. The van der Waals surface area contributed by atoms with Crippen molar-refractivity contribution in [2.75, 3.05) is 30.3 Å². The lowest BCUT2D eigenvalue weighted by molar-refractivity contribution is -0.140. The Hall–Kier alpha value is -2.49. The fourth-order valence-electron chi connectivity index (χ4n) is 3.62. The van der Waals surface area contributed by atoms with Crippen molar-refractivity contribution in [1.82, 2.24) is 10.2 Å². The van der Waals surface area contributed by atoms with Crippen LogP contribution in [0.3, 0.4) is 0 Å². The number of nitrogens with one attached hydrogen (secondary N) is 1. The van der Waals surface area contributed by atoms with Crippen molar-refractivity contribution in [2.24, 2.45) is 0 Å². The Morgan fingerprint density at radius 2 is 1.72 bits per heavy atom. The van der Waals surface area contributed by atoms with Crippen LogP contribution in [0.25, 0.3) is 0 Å². The Bertz CT molecular complexity index is 1140. The number of rotatable bonds is 13. The van der Waals surface area contributed by atoms with E-state index in [1.165, 1.54) is 9.21 Å². The third-order valence-corrected chi connectivity index (χ3v) is 7.38. The van der Waals surface area contributed by atoms with Gasteiger partial charge in [-0.1, -0.05) is 29.3 Å². The number of anilines is 1. The molecule has 2 aromatic carbocycles. The second kappa shape index (κ2) is 13.7. The van der Waals surface area contributed by atoms with E-state index >= 15 is 0 Å². The molecular weight excluding hydrogens is 525 g/mol. The molecule has 0 spiro atoms. The molecule has 2 rings (SSSR count). The van der Waals surface area contributed by atoms with E-state index in [2.05, 4.69) is 5.32 Å². The van der Waals surface area contributed by atoms with Crippen LogP contribution < -0.4 is 14.4 Å². The minimum Gasteiger partial charge on any atom is -0.494 e. The van der Waals surface area contributed by atoms with Crippen molar-refractivity contribution in [3.05, 3.63) is 58.1 Å². The van der Waals surface area contributed by atoms with Gasteiger partial charge in [-0.2, -0.15) is 0 Å². The molecule has 0 radical (unpaired) electrons. The lowest BCUT2D eigenvalue weighted by Crippen LogP contribution is -2.47. The van der Waals surface area contributed by atoms with E-state index in [9.17, 15) is 18.0 Å². The summed E-state index contributed by atoms with van der Waals surface area (Å²) in [7, 11) is -3.58. The molecule has 0 bridgehead atoms. The van der Waals surface area contributed by atoms with Crippen LogP contribution in [0.5, 0.6) is 5.75 Å². The first-order valence-electron chi connectivity index (χ1n) is 11.7. The Labute approximate surface area is 223 Å². The largest absolute Gasteiger partial charge is 0.494 e. The zero-order valence-electron chi connectivity index (χ0n) is 21.0. The molecule has 1 unspecified atom stereocenters. The normalized spacial score (nSPS) is 12.1. The van der Waals surface area contributed by atoms with E-state index in [1.807, 2.05) is 6.92 Å². The van der Waals surface area contributed by atoms with Crippen LogP contribution in [0, 0.1) is 0 Å². The van der Waals surface area contributed by atoms with Gasteiger partial charge in [0.2, 0.25) is 21.8 Å². The molecule has 0 aliphatic heterocycles. The van der Waals surface area contributed by atoms with E-state index in [0.717, 1.165) is 11.8 Å². The zero-order chi connectivity index (χ0) is 26.9. The average molecular weight is 559 g/mol. The van der Waals surface area contributed by atoms with Crippen molar-refractivity contribution < 1.29 is 22.7 Å². The number of hydrogen-bond donors (Lipinski definition) is 1. The summed E-state index contributed by atoms with van der Waals surface area (Å²) in [5.74, 6) is 0.0835. The molecular formula is C25H33Cl2N3O5S. The summed E-state index contributed by atoms with van der Waals surface area (Å²) in [6.45, 7) is 6.52. The molecule has 0 fully saturated rings. The van der Waals surface area contributed by atoms with Gasteiger partial charge in [-0.3, -0.25) is 13.9 Å². The van der Waals surface area contributed by atoms with Gasteiger partial charge >= 0.3 is 0 Å². The first kappa shape index (κ1) is 29.7. The Morgan fingerprint density at radius 1 is 1.06 bits per heavy atom. The monoisotopic (exact) mass is 557 g/mol. The lowest BCUT2D eigenvalue weighted by atomic mass is 10.1. The van der Waals surface area contributed by atoms with Gasteiger partial charge in [0.05, 0.1) is 28.6 Å². The summed E-state index contributed by atoms with van der Waals surface area (Å²) < 4.78 is 31.6. The van der Waals surface area contributed by atoms with Crippen LogP contribution in [-0.4, -0.2) is 57.1 Å². The molecule has 0 heterocycles. The molecule has 0 aliphatic carbocycles. The standard InChI is InChI=1S/C25H33Cl2N3O5S/c1-5-28-25(32)18(3)29(17-19-9-14-22(26)23(27)16-19)24(31)8-7-15-30(36(4,33)34)20-10-12-21(13-11-20)35-6-2/h9-14,16,18H,5-8,15,17H2,1-4H3,(H,28,32). The number of amides is 2. The lowest BCUT2D eigenvalue weighted by Gasteiger charge is -2.29. The first-order chi connectivity index (χ1) is 17.0. The van der Waals surface area contributed by atoms with Gasteiger partial charge in [0.15, 0.2) is 0 Å². The average Bonchev–Trinajstić information content (AvgIpc) is 2.82. The number of hydrogen-bond acceptors (Lipinski definition) is 5. The summed E-state index contributed by atoms with van der Waals surface area (Å²) >= 11 is 12.1. The van der Waals surface area contributed by atoms with Crippen LogP contribution in [0.2, 0.25) is 10.0 Å².